The fourth-order valence-corrected chi connectivity index (χ4v) is 2.19. The van der Waals surface area contributed by atoms with Gasteiger partial charge in [0.25, 0.3) is 0 Å². The Morgan fingerprint density at radius 3 is 2.54 bits per heavy atom. The fourth-order valence-electron chi connectivity index (χ4n) is 2.19. The van der Waals surface area contributed by atoms with Gasteiger partial charge in [-0.3, -0.25) is 0 Å². The highest BCUT2D eigenvalue weighted by Gasteiger charge is 2.44. The van der Waals surface area contributed by atoms with Crippen LogP contribution < -0.4 is 4.74 Å². The zero-order valence-electron chi connectivity index (χ0n) is 12.4. The van der Waals surface area contributed by atoms with Crippen molar-refractivity contribution >= 4 is 12.0 Å². The first-order valence-corrected chi connectivity index (χ1v) is 7.04. The lowest BCUT2D eigenvalue weighted by Gasteiger charge is -2.39. The van der Waals surface area contributed by atoms with E-state index in [0.29, 0.717) is 5.56 Å². The molecule has 1 aliphatic heterocycles. The van der Waals surface area contributed by atoms with Gasteiger partial charge < -0.3 is 40.1 Å². The summed E-state index contributed by atoms with van der Waals surface area (Å²) in [7, 11) is 0. The number of carbonyl (C=O) groups is 1. The number of phenols is 1. The molecule has 0 bridgehead atoms. The maximum atomic E-state index is 10.5. The van der Waals surface area contributed by atoms with Gasteiger partial charge >= 0.3 is 5.97 Å². The summed E-state index contributed by atoms with van der Waals surface area (Å²) >= 11 is 0. The SMILES string of the molecule is O=C(O)C=Cc1ccc(O)c(OC2OC(CO)C(O)C(O)C2O)c1. The number of benzene rings is 1. The minimum absolute atomic E-state index is 0.133. The molecule has 9 heteroatoms. The van der Waals surface area contributed by atoms with Crippen molar-refractivity contribution in [3.8, 4) is 11.5 Å². The molecule has 1 heterocycles. The molecule has 2 rings (SSSR count). The quantitative estimate of drug-likeness (QED) is 0.357. The molecule has 1 aromatic carbocycles. The van der Waals surface area contributed by atoms with E-state index in [1.54, 1.807) is 0 Å². The molecule has 1 aliphatic rings. The number of aliphatic carboxylic acids is 1. The van der Waals surface area contributed by atoms with Crippen LogP contribution in [-0.4, -0.2) is 73.9 Å². The summed E-state index contributed by atoms with van der Waals surface area (Å²) < 4.78 is 10.5. The molecule has 24 heavy (non-hydrogen) atoms. The molecule has 132 valence electrons. The summed E-state index contributed by atoms with van der Waals surface area (Å²) in [4.78, 5) is 10.5. The number of aromatic hydroxyl groups is 1. The van der Waals surface area contributed by atoms with Gasteiger partial charge in [-0.2, -0.15) is 0 Å². The second-order valence-corrected chi connectivity index (χ2v) is 5.21. The van der Waals surface area contributed by atoms with Crippen LogP contribution in [0.4, 0.5) is 0 Å². The molecule has 5 atom stereocenters. The summed E-state index contributed by atoms with van der Waals surface area (Å²) in [6, 6.07) is 3.99. The Hall–Kier alpha value is -2.17. The molecule has 9 nitrogen and oxygen atoms in total. The average molecular weight is 342 g/mol. The topological polar surface area (TPSA) is 157 Å². The van der Waals surface area contributed by atoms with Crippen LogP contribution in [0.5, 0.6) is 11.5 Å². The summed E-state index contributed by atoms with van der Waals surface area (Å²) in [5.41, 5.74) is 0.398. The molecule has 1 saturated heterocycles. The van der Waals surface area contributed by atoms with Crippen molar-refractivity contribution in [2.24, 2.45) is 0 Å². The van der Waals surface area contributed by atoms with Gasteiger partial charge in [-0.1, -0.05) is 6.07 Å². The minimum atomic E-state index is -1.62. The maximum absolute atomic E-state index is 10.5. The first-order chi connectivity index (χ1) is 11.3. The third-order valence-electron chi connectivity index (χ3n) is 3.49. The van der Waals surface area contributed by atoms with E-state index in [9.17, 15) is 25.2 Å². The van der Waals surface area contributed by atoms with Crippen molar-refractivity contribution in [3.63, 3.8) is 0 Å². The van der Waals surface area contributed by atoms with Crippen LogP contribution >= 0.6 is 0 Å². The predicted molar refractivity (Wildman–Crippen MR) is 79.2 cm³/mol. The average Bonchev–Trinajstić information content (AvgIpc) is 2.55. The predicted octanol–water partition coefficient (Wildman–Crippen LogP) is -1.33. The second kappa shape index (κ2) is 7.60. The largest absolute Gasteiger partial charge is 0.504 e. The molecule has 6 N–H and O–H groups in total. The third-order valence-corrected chi connectivity index (χ3v) is 3.49. The van der Waals surface area contributed by atoms with Crippen LogP contribution in [0.25, 0.3) is 6.08 Å². The smallest absolute Gasteiger partial charge is 0.328 e. The number of aliphatic hydroxyl groups is 4. The number of ether oxygens (including phenoxy) is 2. The van der Waals surface area contributed by atoms with Crippen molar-refractivity contribution in [1.82, 2.24) is 0 Å². The zero-order chi connectivity index (χ0) is 17.9. The van der Waals surface area contributed by atoms with Gasteiger partial charge in [-0.25, -0.2) is 4.79 Å². The molecule has 0 amide bonds. The van der Waals surface area contributed by atoms with Gasteiger partial charge in [0, 0.05) is 6.08 Å². The molecule has 0 radical (unpaired) electrons. The lowest BCUT2D eigenvalue weighted by atomic mass is 9.99. The molecule has 0 aliphatic carbocycles. The molecule has 0 spiro atoms. The number of hydrogen-bond acceptors (Lipinski definition) is 8. The molecule has 0 aromatic heterocycles. The normalized spacial score (nSPS) is 30.4. The van der Waals surface area contributed by atoms with E-state index in [1.807, 2.05) is 0 Å². The van der Waals surface area contributed by atoms with Crippen molar-refractivity contribution < 1.29 is 44.9 Å². The van der Waals surface area contributed by atoms with Gasteiger partial charge in [-0.05, 0) is 23.8 Å². The highest BCUT2D eigenvalue weighted by molar-refractivity contribution is 5.85. The van der Waals surface area contributed by atoms with E-state index in [0.717, 1.165) is 6.08 Å². The summed E-state index contributed by atoms with van der Waals surface area (Å²) in [6.07, 6.45) is -5.20. The van der Waals surface area contributed by atoms with Crippen molar-refractivity contribution in [2.75, 3.05) is 6.61 Å². The Kier molecular flexibility index (Phi) is 5.75. The standard InChI is InChI=1S/C15H18O9/c16-6-10-12(20)13(21)14(22)15(24-10)23-9-5-7(1-3-8(9)17)2-4-11(18)19/h1-5,10,12-17,20-22H,6H2,(H,18,19). The highest BCUT2D eigenvalue weighted by atomic mass is 16.7. The monoisotopic (exact) mass is 342 g/mol. The third kappa shape index (κ3) is 4.02. The van der Waals surface area contributed by atoms with Gasteiger partial charge in [0.15, 0.2) is 11.5 Å². The van der Waals surface area contributed by atoms with Crippen LogP contribution in [0.15, 0.2) is 24.3 Å². The Labute approximate surface area is 136 Å². The van der Waals surface area contributed by atoms with Gasteiger partial charge in [0.1, 0.15) is 24.4 Å². The number of phenolic OH excluding ortho intramolecular Hbond substituents is 1. The zero-order valence-corrected chi connectivity index (χ0v) is 12.4. The van der Waals surface area contributed by atoms with Gasteiger partial charge in [-0.15, -0.1) is 0 Å². The number of carboxylic acid groups (broad SMARTS) is 1. The number of carboxylic acids is 1. The van der Waals surface area contributed by atoms with E-state index >= 15 is 0 Å². The molecule has 0 saturated carbocycles. The van der Waals surface area contributed by atoms with Crippen LogP contribution in [0, 0.1) is 0 Å². The molecular weight excluding hydrogens is 324 g/mol. The van der Waals surface area contributed by atoms with E-state index in [1.165, 1.54) is 24.3 Å². The molecule has 5 unspecified atom stereocenters. The maximum Gasteiger partial charge on any atom is 0.328 e. The summed E-state index contributed by atoms with van der Waals surface area (Å²) in [5.74, 6) is -1.59. The lowest BCUT2D eigenvalue weighted by molar-refractivity contribution is -0.277. The van der Waals surface area contributed by atoms with Crippen LogP contribution in [0.1, 0.15) is 5.56 Å². The first kappa shape index (κ1) is 18.2. The lowest BCUT2D eigenvalue weighted by Crippen LogP contribution is -2.60. The number of rotatable bonds is 5. The van der Waals surface area contributed by atoms with Gasteiger partial charge in [0.05, 0.1) is 6.61 Å². The van der Waals surface area contributed by atoms with Crippen LogP contribution in [0.3, 0.4) is 0 Å². The van der Waals surface area contributed by atoms with Crippen molar-refractivity contribution in [3.05, 3.63) is 29.8 Å². The summed E-state index contributed by atoms with van der Waals surface area (Å²) in [5, 5.41) is 56.8. The fraction of sp³-hybridized carbons (Fsp3) is 0.400. The number of hydrogen-bond donors (Lipinski definition) is 6. The first-order valence-electron chi connectivity index (χ1n) is 7.04. The van der Waals surface area contributed by atoms with E-state index in [2.05, 4.69) is 0 Å². The minimum Gasteiger partial charge on any atom is -0.504 e. The Morgan fingerprint density at radius 1 is 1.21 bits per heavy atom. The molecule has 1 fully saturated rings. The second-order valence-electron chi connectivity index (χ2n) is 5.21. The van der Waals surface area contributed by atoms with Gasteiger partial charge in [0.2, 0.25) is 6.29 Å². The van der Waals surface area contributed by atoms with E-state index < -0.39 is 43.3 Å². The Balaban J connectivity index is 2.20. The van der Waals surface area contributed by atoms with Crippen molar-refractivity contribution in [2.45, 2.75) is 30.7 Å². The summed E-state index contributed by atoms with van der Waals surface area (Å²) in [6.45, 7) is -0.613. The number of aliphatic hydroxyl groups excluding tert-OH is 4. The Morgan fingerprint density at radius 2 is 1.92 bits per heavy atom. The van der Waals surface area contributed by atoms with Crippen molar-refractivity contribution in [1.29, 1.82) is 0 Å². The highest BCUT2D eigenvalue weighted by Crippen LogP contribution is 2.31. The van der Waals surface area contributed by atoms with Crippen LogP contribution in [-0.2, 0) is 9.53 Å². The van der Waals surface area contributed by atoms with E-state index in [4.69, 9.17) is 19.7 Å². The molecule has 1 aromatic rings. The van der Waals surface area contributed by atoms with Crippen LogP contribution in [0.2, 0.25) is 0 Å². The Bertz CT molecular complexity index is 613. The van der Waals surface area contributed by atoms with E-state index in [-0.39, 0.29) is 11.5 Å². The molecular formula is C15H18O9.